The standard InChI is InChI=1S/C31H40N6O5Si/c1-32-29(38)22-6-7-25(26(18-22)39-2)34-31-35-28-27(30(36-31)42-23-10-14-40-15-11-23)24(21-8-12-33-13-9-21)19-37(28)20-41-16-17-43(3,4)5/h6-9,12-13,18-19,23H,10-11,14-17,20H2,1-5H3,(H,32,38)(H,34,35,36). The molecule has 0 unspecified atom stereocenters. The first kappa shape index (κ1) is 30.5. The fraction of sp³-hybridized carbons (Fsp3) is 0.419. The molecule has 3 aromatic heterocycles. The van der Waals surface area contributed by atoms with Gasteiger partial charge in [0, 0.05) is 64.3 Å². The van der Waals surface area contributed by atoms with Gasteiger partial charge in [0.1, 0.15) is 18.6 Å². The number of nitrogens with one attached hydrogen (secondary N) is 2. The zero-order valence-electron chi connectivity index (χ0n) is 25.5. The molecule has 43 heavy (non-hydrogen) atoms. The molecule has 11 nitrogen and oxygen atoms in total. The van der Waals surface area contributed by atoms with Crippen LogP contribution in [-0.2, 0) is 16.2 Å². The second kappa shape index (κ2) is 13.5. The monoisotopic (exact) mass is 604 g/mol. The van der Waals surface area contributed by atoms with Gasteiger partial charge in [-0.25, -0.2) is 0 Å². The highest BCUT2D eigenvalue weighted by molar-refractivity contribution is 6.76. The highest BCUT2D eigenvalue weighted by Gasteiger charge is 2.24. The van der Waals surface area contributed by atoms with Gasteiger partial charge in [-0.1, -0.05) is 19.6 Å². The van der Waals surface area contributed by atoms with Gasteiger partial charge < -0.3 is 34.1 Å². The number of benzene rings is 1. The lowest BCUT2D eigenvalue weighted by Crippen LogP contribution is -2.26. The van der Waals surface area contributed by atoms with Gasteiger partial charge >= 0.3 is 0 Å². The van der Waals surface area contributed by atoms with E-state index in [1.54, 1.807) is 44.8 Å². The zero-order valence-corrected chi connectivity index (χ0v) is 26.5. The summed E-state index contributed by atoms with van der Waals surface area (Å²) in [7, 11) is 1.90. The summed E-state index contributed by atoms with van der Waals surface area (Å²) in [4.78, 5) is 26.2. The van der Waals surface area contributed by atoms with Gasteiger partial charge in [0.15, 0.2) is 5.65 Å². The van der Waals surface area contributed by atoms with Crippen LogP contribution in [0, 0.1) is 0 Å². The Kier molecular flexibility index (Phi) is 9.58. The molecule has 1 aromatic carbocycles. The third kappa shape index (κ3) is 7.50. The van der Waals surface area contributed by atoms with Crippen LogP contribution in [0.1, 0.15) is 23.2 Å². The average molecular weight is 605 g/mol. The predicted octanol–water partition coefficient (Wildman–Crippen LogP) is 5.48. The fourth-order valence-corrected chi connectivity index (χ4v) is 5.59. The van der Waals surface area contributed by atoms with Gasteiger partial charge in [-0.05, 0) is 41.9 Å². The summed E-state index contributed by atoms with van der Waals surface area (Å²) in [6, 6.07) is 10.2. The van der Waals surface area contributed by atoms with Crippen LogP contribution < -0.4 is 20.1 Å². The van der Waals surface area contributed by atoms with E-state index in [1.807, 2.05) is 22.9 Å². The minimum atomic E-state index is -1.25. The van der Waals surface area contributed by atoms with Crippen molar-refractivity contribution < 1.29 is 23.7 Å². The molecule has 1 aliphatic rings. The maximum atomic E-state index is 12.2. The van der Waals surface area contributed by atoms with E-state index in [-0.39, 0.29) is 12.0 Å². The number of anilines is 2. The van der Waals surface area contributed by atoms with Crippen LogP contribution in [0.25, 0.3) is 22.2 Å². The molecule has 0 saturated carbocycles. The van der Waals surface area contributed by atoms with Gasteiger partial charge in [0.05, 0.1) is 31.4 Å². The number of ether oxygens (including phenoxy) is 4. The van der Waals surface area contributed by atoms with E-state index in [0.717, 1.165) is 35.4 Å². The van der Waals surface area contributed by atoms with Gasteiger partial charge in [-0.3, -0.25) is 9.78 Å². The molecule has 4 heterocycles. The van der Waals surface area contributed by atoms with Crippen LogP contribution in [0.4, 0.5) is 11.6 Å². The van der Waals surface area contributed by atoms with Gasteiger partial charge in [0.2, 0.25) is 11.8 Å². The zero-order chi connectivity index (χ0) is 30.4. The predicted molar refractivity (Wildman–Crippen MR) is 169 cm³/mol. The molecule has 1 aliphatic heterocycles. The Morgan fingerprint density at radius 3 is 2.58 bits per heavy atom. The van der Waals surface area contributed by atoms with Crippen LogP contribution in [0.15, 0.2) is 48.9 Å². The highest BCUT2D eigenvalue weighted by Crippen LogP contribution is 2.38. The maximum Gasteiger partial charge on any atom is 0.251 e. The second-order valence-corrected chi connectivity index (χ2v) is 17.3. The molecule has 0 atom stereocenters. The van der Waals surface area contributed by atoms with Gasteiger partial charge in [0.25, 0.3) is 5.91 Å². The van der Waals surface area contributed by atoms with E-state index in [0.29, 0.717) is 61.0 Å². The smallest absolute Gasteiger partial charge is 0.251 e. The number of methoxy groups -OCH3 is 1. The van der Waals surface area contributed by atoms with Gasteiger partial charge in [-0.2, -0.15) is 9.97 Å². The lowest BCUT2D eigenvalue weighted by Gasteiger charge is -2.23. The Bertz CT molecular complexity index is 1550. The van der Waals surface area contributed by atoms with Crippen molar-refractivity contribution in [3.63, 3.8) is 0 Å². The molecule has 0 spiro atoms. The third-order valence-electron chi connectivity index (χ3n) is 7.29. The van der Waals surface area contributed by atoms with Crippen molar-refractivity contribution in [3.05, 3.63) is 54.5 Å². The van der Waals surface area contributed by atoms with Crippen molar-refractivity contribution in [2.24, 2.45) is 0 Å². The molecule has 2 N–H and O–H groups in total. The summed E-state index contributed by atoms with van der Waals surface area (Å²) in [6.07, 6.45) is 7.09. The van der Waals surface area contributed by atoms with Crippen LogP contribution in [0.2, 0.25) is 25.7 Å². The topological polar surface area (TPSA) is 122 Å². The van der Waals surface area contributed by atoms with E-state index in [1.165, 1.54) is 0 Å². The van der Waals surface area contributed by atoms with Crippen LogP contribution in [0.3, 0.4) is 0 Å². The lowest BCUT2D eigenvalue weighted by atomic mass is 10.1. The van der Waals surface area contributed by atoms with Crippen molar-refractivity contribution in [1.29, 1.82) is 0 Å². The summed E-state index contributed by atoms with van der Waals surface area (Å²) in [6.45, 7) is 9.31. The molecule has 1 saturated heterocycles. The number of hydrogen-bond acceptors (Lipinski definition) is 9. The van der Waals surface area contributed by atoms with Crippen molar-refractivity contribution in [2.45, 2.75) is 51.4 Å². The molecular weight excluding hydrogens is 564 g/mol. The van der Waals surface area contributed by atoms with E-state index >= 15 is 0 Å². The first-order chi connectivity index (χ1) is 20.8. The number of rotatable bonds is 12. The number of carbonyl (C=O) groups is 1. The molecule has 12 heteroatoms. The summed E-state index contributed by atoms with van der Waals surface area (Å²) in [5, 5.41) is 6.74. The minimum Gasteiger partial charge on any atom is -0.495 e. The second-order valence-electron chi connectivity index (χ2n) is 11.7. The van der Waals surface area contributed by atoms with Gasteiger partial charge in [-0.15, -0.1) is 0 Å². The van der Waals surface area contributed by atoms with Crippen LogP contribution >= 0.6 is 0 Å². The summed E-state index contributed by atoms with van der Waals surface area (Å²) >= 11 is 0. The first-order valence-electron chi connectivity index (χ1n) is 14.6. The van der Waals surface area contributed by atoms with Crippen molar-refractivity contribution >= 4 is 36.7 Å². The number of amides is 1. The normalized spacial score (nSPS) is 14.1. The first-order valence-corrected chi connectivity index (χ1v) is 18.3. The van der Waals surface area contributed by atoms with E-state index in [2.05, 4.69) is 35.3 Å². The number of carbonyl (C=O) groups excluding carboxylic acids is 1. The molecule has 4 aromatic rings. The molecule has 1 amide bonds. The van der Waals surface area contributed by atoms with Crippen molar-refractivity contribution in [1.82, 2.24) is 24.8 Å². The summed E-state index contributed by atoms with van der Waals surface area (Å²) in [5.41, 5.74) is 3.70. The SMILES string of the molecule is CNC(=O)c1ccc(Nc2nc(OC3CCOCC3)c3c(-c4ccncc4)cn(COCC[Si](C)(C)C)c3n2)c(OC)c1. The quantitative estimate of drug-likeness (QED) is 0.160. The van der Waals surface area contributed by atoms with Crippen LogP contribution in [-0.4, -0.2) is 73.6 Å². The molecule has 1 fully saturated rings. The van der Waals surface area contributed by atoms with Crippen LogP contribution in [0.5, 0.6) is 11.6 Å². The summed E-state index contributed by atoms with van der Waals surface area (Å²) in [5.74, 6) is 1.10. The molecular formula is C31H40N6O5Si. The van der Waals surface area contributed by atoms with E-state index in [9.17, 15) is 4.79 Å². The number of fused-ring (bicyclic) bond motifs is 1. The Morgan fingerprint density at radius 1 is 1.12 bits per heavy atom. The molecule has 0 radical (unpaired) electrons. The third-order valence-corrected chi connectivity index (χ3v) is 8.99. The number of pyridine rings is 1. The fourth-order valence-electron chi connectivity index (χ4n) is 4.84. The molecule has 5 rings (SSSR count). The van der Waals surface area contributed by atoms with E-state index < -0.39 is 8.07 Å². The number of hydrogen-bond donors (Lipinski definition) is 2. The maximum absolute atomic E-state index is 12.2. The summed E-state index contributed by atoms with van der Waals surface area (Å²) < 4.78 is 25.9. The highest BCUT2D eigenvalue weighted by atomic mass is 28.3. The Balaban J connectivity index is 1.59. The molecule has 228 valence electrons. The lowest BCUT2D eigenvalue weighted by molar-refractivity contribution is 0.0244. The van der Waals surface area contributed by atoms with Crippen molar-refractivity contribution in [2.75, 3.05) is 39.3 Å². The average Bonchev–Trinajstić information content (AvgIpc) is 3.38. The Hall–Kier alpha value is -4.00. The Labute approximate surface area is 253 Å². The van der Waals surface area contributed by atoms with E-state index in [4.69, 9.17) is 28.9 Å². The molecule has 0 aliphatic carbocycles. The number of aromatic nitrogens is 4. The number of nitrogens with zero attached hydrogens (tertiary/aromatic N) is 4. The molecule has 0 bridgehead atoms. The largest absolute Gasteiger partial charge is 0.495 e. The Morgan fingerprint density at radius 2 is 1.88 bits per heavy atom. The van der Waals surface area contributed by atoms with Crippen molar-refractivity contribution in [3.8, 4) is 22.8 Å². The minimum absolute atomic E-state index is 0.0392.